The molecule has 0 unspecified atom stereocenters. The summed E-state index contributed by atoms with van der Waals surface area (Å²) in [5, 5.41) is 0. The van der Waals surface area contributed by atoms with Crippen LogP contribution >= 0.6 is 0 Å². The SMILES string of the molecule is CCN(CC)CCC(=O)N1CCN(C(C)=O)CC1. The van der Waals surface area contributed by atoms with Crippen LogP contribution in [0, 0.1) is 0 Å². The van der Waals surface area contributed by atoms with Crippen molar-refractivity contribution in [1.29, 1.82) is 0 Å². The van der Waals surface area contributed by atoms with E-state index in [4.69, 9.17) is 0 Å². The van der Waals surface area contributed by atoms with Crippen LogP contribution in [0.5, 0.6) is 0 Å². The summed E-state index contributed by atoms with van der Waals surface area (Å²) in [6.45, 7) is 11.3. The number of rotatable bonds is 5. The van der Waals surface area contributed by atoms with Crippen molar-refractivity contribution in [1.82, 2.24) is 14.7 Å². The van der Waals surface area contributed by atoms with Crippen molar-refractivity contribution in [2.75, 3.05) is 45.8 Å². The van der Waals surface area contributed by atoms with Gasteiger partial charge in [0.25, 0.3) is 0 Å². The molecule has 104 valence electrons. The molecule has 0 spiro atoms. The summed E-state index contributed by atoms with van der Waals surface area (Å²) in [6.07, 6.45) is 0.585. The Kier molecular flexibility index (Phi) is 6.12. The summed E-state index contributed by atoms with van der Waals surface area (Å²) < 4.78 is 0. The molecule has 0 N–H and O–H groups in total. The maximum Gasteiger partial charge on any atom is 0.223 e. The molecule has 5 nitrogen and oxygen atoms in total. The first-order chi connectivity index (χ1) is 8.58. The predicted molar refractivity (Wildman–Crippen MR) is 71.2 cm³/mol. The van der Waals surface area contributed by atoms with Gasteiger partial charge in [-0.1, -0.05) is 13.8 Å². The zero-order valence-electron chi connectivity index (χ0n) is 11.8. The Hall–Kier alpha value is -1.10. The van der Waals surface area contributed by atoms with E-state index in [1.54, 1.807) is 11.8 Å². The fourth-order valence-electron chi connectivity index (χ4n) is 2.22. The van der Waals surface area contributed by atoms with Gasteiger partial charge in [-0.3, -0.25) is 9.59 Å². The highest BCUT2D eigenvalue weighted by atomic mass is 16.2. The fourth-order valence-corrected chi connectivity index (χ4v) is 2.22. The number of hydrogen-bond donors (Lipinski definition) is 0. The van der Waals surface area contributed by atoms with Crippen molar-refractivity contribution >= 4 is 11.8 Å². The first kappa shape index (κ1) is 15.0. The third-order valence-electron chi connectivity index (χ3n) is 3.61. The Morgan fingerprint density at radius 2 is 1.50 bits per heavy atom. The third kappa shape index (κ3) is 4.29. The van der Waals surface area contributed by atoms with Crippen LogP contribution in [0.3, 0.4) is 0 Å². The number of carbonyl (C=O) groups excluding carboxylic acids is 2. The highest BCUT2D eigenvalue weighted by Gasteiger charge is 2.22. The van der Waals surface area contributed by atoms with Crippen LogP contribution in [-0.2, 0) is 9.59 Å². The molecule has 1 rings (SSSR count). The van der Waals surface area contributed by atoms with Crippen molar-refractivity contribution in [2.24, 2.45) is 0 Å². The molecular weight excluding hydrogens is 230 g/mol. The zero-order chi connectivity index (χ0) is 13.5. The van der Waals surface area contributed by atoms with Gasteiger partial charge in [-0.15, -0.1) is 0 Å². The number of amides is 2. The van der Waals surface area contributed by atoms with Crippen LogP contribution in [0.25, 0.3) is 0 Å². The van der Waals surface area contributed by atoms with E-state index in [-0.39, 0.29) is 11.8 Å². The molecule has 0 atom stereocenters. The van der Waals surface area contributed by atoms with E-state index in [0.717, 1.165) is 19.6 Å². The topological polar surface area (TPSA) is 43.9 Å². The minimum atomic E-state index is 0.102. The molecule has 1 heterocycles. The Balaban J connectivity index is 2.29. The van der Waals surface area contributed by atoms with Crippen LogP contribution in [-0.4, -0.2) is 72.3 Å². The minimum absolute atomic E-state index is 0.102. The first-order valence-electron chi connectivity index (χ1n) is 6.84. The van der Waals surface area contributed by atoms with Crippen LogP contribution in [0.1, 0.15) is 27.2 Å². The molecule has 0 aromatic carbocycles. The monoisotopic (exact) mass is 255 g/mol. The second-order valence-corrected chi connectivity index (χ2v) is 4.66. The van der Waals surface area contributed by atoms with E-state index >= 15 is 0 Å². The summed E-state index contributed by atoms with van der Waals surface area (Å²) in [5.74, 6) is 0.315. The van der Waals surface area contributed by atoms with Gasteiger partial charge in [0.1, 0.15) is 0 Å². The van der Waals surface area contributed by atoms with Gasteiger partial charge in [0.2, 0.25) is 11.8 Å². The van der Waals surface area contributed by atoms with E-state index in [1.807, 2.05) is 4.90 Å². The molecule has 0 bridgehead atoms. The Morgan fingerprint density at radius 1 is 1.00 bits per heavy atom. The molecule has 0 aromatic rings. The average molecular weight is 255 g/mol. The van der Waals surface area contributed by atoms with E-state index in [9.17, 15) is 9.59 Å². The van der Waals surface area contributed by atoms with Crippen molar-refractivity contribution < 1.29 is 9.59 Å². The van der Waals surface area contributed by atoms with Crippen molar-refractivity contribution in [3.8, 4) is 0 Å². The van der Waals surface area contributed by atoms with Gasteiger partial charge in [0.05, 0.1) is 0 Å². The Bertz CT molecular complexity index is 282. The van der Waals surface area contributed by atoms with Crippen molar-refractivity contribution in [3.63, 3.8) is 0 Å². The van der Waals surface area contributed by atoms with Crippen LogP contribution in [0.15, 0.2) is 0 Å². The molecule has 1 saturated heterocycles. The summed E-state index contributed by atoms with van der Waals surface area (Å²) >= 11 is 0. The summed E-state index contributed by atoms with van der Waals surface area (Å²) in [4.78, 5) is 29.1. The Labute approximate surface area is 110 Å². The van der Waals surface area contributed by atoms with Gasteiger partial charge in [0.15, 0.2) is 0 Å². The van der Waals surface area contributed by atoms with E-state index < -0.39 is 0 Å². The van der Waals surface area contributed by atoms with Gasteiger partial charge in [0, 0.05) is 46.1 Å². The van der Waals surface area contributed by atoms with Crippen LogP contribution < -0.4 is 0 Å². The number of hydrogen-bond acceptors (Lipinski definition) is 3. The van der Waals surface area contributed by atoms with Crippen LogP contribution in [0.4, 0.5) is 0 Å². The Morgan fingerprint density at radius 3 is 1.94 bits per heavy atom. The summed E-state index contributed by atoms with van der Waals surface area (Å²) in [5.41, 5.74) is 0. The van der Waals surface area contributed by atoms with E-state index in [0.29, 0.717) is 32.6 Å². The number of carbonyl (C=O) groups is 2. The zero-order valence-corrected chi connectivity index (χ0v) is 11.8. The smallest absolute Gasteiger partial charge is 0.223 e. The van der Waals surface area contributed by atoms with Gasteiger partial charge in [-0.05, 0) is 13.1 Å². The lowest BCUT2D eigenvalue weighted by Gasteiger charge is -2.34. The average Bonchev–Trinajstić information content (AvgIpc) is 2.39. The van der Waals surface area contributed by atoms with Gasteiger partial charge >= 0.3 is 0 Å². The maximum atomic E-state index is 12.0. The van der Waals surface area contributed by atoms with Gasteiger partial charge < -0.3 is 14.7 Å². The van der Waals surface area contributed by atoms with Crippen LogP contribution in [0.2, 0.25) is 0 Å². The normalized spacial score (nSPS) is 16.2. The molecule has 1 fully saturated rings. The van der Waals surface area contributed by atoms with E-state index in [2.05, 4.69) is 18.7 Å². The standard InChI is InChI=1S/C13H25N3O2/c1-4-14(5-2)7-6-13(18)16-10-8-15(9-11-16)12(3)17/h4-11H2,1-3H3. The molecule has 2 amide bonds. The molecule has 0 aliphatic carbocycles. The molecule has 0 aromatic heterocycles. The molecule has 1 aliphatic heterocycles. The fraction of sp³-hybridized carbons (Fsp3) is 0.846. The largest absolute Gasteiger partial charge is 0.339 e. The minimum Gasteiger partial charge on any atom is -0.339 e. The summed E-state index contributed by atoms with van der Waals surface area (Å²) in [7, 11) is 0. The summed E-state index contributed by atoms with van der Waals surface area (Å²) in [6, 6.07) is 0. The number of piperazine rings is 1. The lowest BCUT2D eigenvalue weighted by Crippen LogP contribution is -2.50. The van der Waals surface area contributed by atoms with E-state index in [1.165, 1.54) is 0 Å². The quantitative estimate of drug-likeness (QED) is 0.714. The number of nitrogens with zero attached hydrogens (tertiary/aromatic N) is 3. The van der Waals surface area contributed by atoms with Gasteiger partial charge in [-0.25, -0.2) is 0 Å². The second kappa shape index (κ2) is 7.36. The third-order valence-corrected chi connectivity index (χ3v) is 3.61. The first-order valence-corrected chi connectivity index (χ1v) is 6.84. The lowest BCUT2D eigenvalue weighted by atomic mass is 10.2. The second-order valence-electron chi connectivity index (χ2n) is 4.66. The predicted octanol–water partition coefficient (Wildman–Crippen LogP) is 0.409. The van der Waals surface area contributed by atoms with Crippen molar-refractivity contribution in [2.45, 2.75) is 27.2 Å². The molecule has 5 heteroatoms. The lowest BCUT2D eigenvalue weighted by molar-refractivity contribution is -0.138. The molecular formula is C13H25N3O2. The highest BCUT2D eigenvalue weighted by molar-refractivity contribution is 5.77. The molecule has 1 aliphatic rings. The molecule has 0 radical (unpaired) electrons. The molecule has 0 saturated carbocycles. The highest BCUT2D eigenvalue weighted by Crippen LogP contribution is 2.04. The van der Waals surface area contributed by atoms with Crippen molar-refractivity contribution in [3.05, 3.63) is 0 Å². The molecule has 18 heavy (non-hydrogen) atoms. The van der Waals surface area contributed by atoms with Gasteiger partial charge in [-0.2, -0.15) is 0 Å². The maximum absolute atomic E-state index is 12.0.